The Bertz CT molecular complexity index is 998. The van der Waals surface area contributed by atoms with Crippen LogP contribution in [0.3, 0.4) is 0 Å². The average molecular weight is 530 g/mol. The standard InChI is InChI=1S/C27H33F6N3O/c1-18(2)34-23-10-13-36(14-11-23)24(20-7-5-4-6-8-20)25(37)35(3)12-9-19-15-21(26(28,29)30)17-22(16-19)27(31,32)33/h4-8,15-18,23-24,34H,9-14H2,1-3H3. The van der Waals surface area contributed by atoms with E-state index in [0.717, 1.165) is 18.4 Å². The molecule has 3 rings (SSSR count). The molecule has 1 unspecified atom stereocenters. The van der Waals surface area contributed by atoms with Gasteiger partial charge >= 0.3 is 12.4 Å². The quantitative estimate of drug-likeness (QED) is 0.431. The Labute approximate surface area is 213 Å². The lowest BCUT2D eigenvalue weighted by molar-refractivity contribution is -0.143. The number of nitrogens with zero attached hydrogens (tertiary/aromatic N) is 2. The van der Waals surface area contributed by atoms with Crippen LogP contribution in [0.15, 0.2) is 48.5 Å². The third kappa shape index (κ3) is 7.95. The SMILES string of the molecule is CC(C)NC1CCN(C(C(=O)N(C)CCc2cc(C(F)(F)F)cc(C(F)(F)F)c2)c2ccccc2)CC1. The molecule has 2 aromatic carbocycles. The summed E-state index contributed by atoms with van der Waals surface area (Å²) in [6, 6.07) is 10.9. The fraction of sp³-hybridized carbons (Fsp3) is 0.519. The van der Waals surface area contributed by atoms with Crippen molar-refractivity contribution in [3.8, 4) is 0 Å². The first-order chi connectivity index (χ1) is 17.3. The second-order valence-electron chi connectivity index (χ2n) is 9.87. The Morgan fingerprint density at radius 2 is 1.51 bits per heavy atom. The third-order valence-electron chi connectivity index (χ3n) is 6.57. The molecule has 1 aliphatic heterocycles. The molecule has 1 atom stereocenters. The van der Waals surface area contributed by atoms with Crippen molar-refractivity contribution in [1.29, 1.82) is 0 Å². The minimum absolute atomic E-state index is 0.0217. The molecule has 0 spiro atoms. The van der Waals surface area contributed by atoms with E-state index in [4.69, 9.17) is 0 Å². The first-order valence-corrected chi connectivity index (χ1v) is 12.3. The Kier molecular flexibility index (Phi) is 9.28. The van der Waals surface area contributed by atoms with Crippen LogP contribution in [0.5, 0.6) is 0 Å². The third-order valence-corrected chi connectivity index (χ3v) is 6.57. The average Bonchev–Trinajstić information content (AvgIpc) is 2.82. The van der Waals surface area contributed by atoms with Crippen molar-refractivity contribution in [1.82, 2.24) is 15.1 Å². The van der Waals surface area contributed by atoms with Gasteiger partial charge in [-0.05, 0) is 48.6 Å². The van der Waals surface area contributed by atoms with Crippen LogP contribution < -0.4 is 5.32 Å². The van der Waals surface area contributed by atoms with E-state index in [1.807, 2.05) is 30.3 Å². The molecule has 1 N–H and O–H groups in total. The molecule has 1 heterocycles. The molecule has 1 fully saturated rings. The van der Waals surface area contributed by atoms with Crippen molar-refractivity contribution >= 4 is 5.91 Å². The molecule has 37 heavy (non-hydrogen) atoms. The number of nitrogens with one attached hydrogen (secondary N) is 1. The molecular weight excluding hydrogens is 496 g/mol. The summed E-state index contributed by atoms with van der Waals surface area (Å²) in [5.41, 5.74) is -2.04. The topological polar surface area (TPSA) is 35.6 Å². The predicted molar refractivity (Wildman–Crippen MR) is 130 cm³/mol. The monoisotopic (exact) mass is 529 g/mol. The molecule has 0 aromatic heterocycles. The molecular formula is C27H33F6N3O. The second kappa shape index (κ2) is 11.9. The highest BCUT2D eigenvalue weighted by Crippen LogP contribution is 2.36. The zero-order chi connectivity index (χ0) is 27.4. The fourth-order valence-corrected chi connectivity index (χ4v) is 4.72. The van der Waals surface area contributed by atoms with Gasteiger partial charge in [-0.25, -0.2) is 0 Å². The van der Waals surface area contributed by atoms with E-state index < -0.39 is 29.5 Å². The zero-order valence-corrected chi connectivity index (χ0v) is 21.2. The number of hydrogen-bond acceptors (Lipinski definition) is 3. The fourth-order valence-electron chi connectivity index (χ4n) is 4.72. The van der Waals surface area contributed by atoms with Crippen LogP contribution in [-0.2, 0) is 23.6 Å². The molecule has 4 nitrogen and oxygen atoms in total. The Morgan fingerprint density at radius 1 is 0.973 bits per heavy atom. The zero-order valence-electron chi connectivity index (χ0n) is 21.2. The van der Waals surface area contributed by atoms with Crippen molar-refractivity contribution in [3.05, 3.63) is 70.8 Å². The van der Waals surface area contributed by atoms with E-state index in [9.17, 15) is 31.1 Å². The summed E-state index contributed by atoms with van der Waals surface area (Å²) in [6.45, 7) is 5.52. The van der Waals surface area contributed by atoms with Crippen LogP contribution in [0.4, 0.5) is 26.3 Å². The van der Waals surface area contributed by atoms with Crippen LogP contribution >= 0.6 is 0 Å². The molecule has 0 aliphatic carbocycles. The van der Waals surface area contributed by atoms with Gasteiger partial charge in [-0.1, -0.05) is 44.2 Å². The number of benzene rings is 2. The summed E-state index contributed by atoms with van der Waals surface area (Å²) in [6.07, 6.45) is -8.23. The van der Waals surface area contributed by atoms with Gasteiger partial charge in [0.05, 0.1) is 11.1 Å². The summed E-state index contributed by atoms with van der Waals surface area (Å²) >= 11 is 0. The van der Waals surface area contributed by atoms with Gasteiger partial charge in [-0.15, -0.1) is 0 Å². The summed E-state index contributed by atoms with van der Waals surface area (Å²) < 4.78 is 79.3. The highest BCUT2D eigenvalue weighted by molar-refractivity contribution is 5.83. The van der Waals surface area contributed by atoms with Gasteiger partial charge in [0.2, 0.25) is 5.91 Å². The molecule has 0 saturated carbocycles. The van der Waals surface area contributed by atoms with Gasteiger partial charge in [0.1, 0.15) is 6.04 Å². The number of alkyl halides is 6. The number of hydrogen-bond donors (Lipinski definition) is 1. The summed E-state index contributed by atoms with van der Waals surface area (Å²) in [4.78, 5) is 17.1. The van der Waals surface area contributed by atoms with E-state index in [-0.39, 0.29) is 30.5 Å². The lowest BCUT2D eigenvalue weighted by Crippen LogP contribution is -2.49. The largest absolute Gasteiger partial charge is 0.416 e. The number of likely N-dealkylation sites (tertiary alicyclic amines) is 1. The van der Waals surface area contributed by atoms with Crippen LogP contribution in [0.1, 0.15) is 55.0 Å². The van der Waals surface area contributed by atoms with Crippen LogP contribution in [0.2, 0.25) is 0 Å². The first-order valence-electron chi connectivity index (χ1n) is 12.3. The summed E-state index contributed by atoms with van der Waals surface area (Å²) in [5, 5.41) is 3.52. The van der Waals surface area contributed by atoms with E-state index >= 15 is 0 Å². The van der Waals surface area contributed by atoms with Gasteiger partial charge in [0, 0.05) is 38.8 Å². The van der Waals surface area contributed by atoms with Crippen molar-refractivity contribution in [2.75, 3.05) is 26.7 Å². The van der Waals surface area contributed by atoms with Gasteiger partial charge in [-0.3, -0.25) is 9.69 Å². The Balaban J connectivity index is 1.77. The lowest BCUT2D eigenvalue weighted by Gasteiger charge is -2.39. The number of piperidine rings is 1. The van der Waals surface area contributed by atoms with Gasteiger partial charge in [0.15, 0.2) is 0 Å². The number of halogens is 6. The highest BCUT2D eigenvalue weighted by Gasteiger charge is 2.37. The van der Waals surface area contributed by atoms with E-state index in [1.165, 1.54) is 11.9 Å². The van der Waals surface area contributed by atoms with E-state index in [2.05, 4.69) is 24.1 Å². The second-order valence-corrected chi connectivity index (χ2v) is 9.87. The van der Waals surface area contributed by atoms with Gasteiger partial charge < -0.3 is 10.2 Å². The molecule has 1 saturated heterocycles. The molecule has 0 bridgehead atoms. The molecule has 1 amide bonds. The van der Waals surface area contributed by atoms with Crippen molar-refractivity contribution in [3.63, 3.8) is 0 Å². The van der Waals surface area contributed by atoms with E-state index in [0.29, 0.717) is 37.3 Å². The van der Waals surface area contributed by atoms with Crippen molar-refractivity contribution in [2.45, 2.75) is 63.6 Å². The molecule has 204 valence electrons. The number of likely N-dealkylation sites (N-methyl/N-ethyl adjacent to an activating group) is 1. The van der Waals surface area contributed by atoms with Gasteiger partial charge in [0.25, 0.3) is 0 Å². The Morgan fingerprint density at radius 3 is 2.00 bits per heavy atom. The maximum atomic E-state index is 13.6. The minimum atomic E-state index is -4.91. The van der Waals surface area contributed by atoms with Crippen LogP contribution in [-0.4, -0.2) is 54.5 Å². The molecule has 1 aliphatic rings. The van der Waals surface area contributed by atoms with Crippen LogP contribution in [0, 0.1) is 0 Å². The maximum Gasteiger partial charge on any atom is 0.416 e. The number of amides is 1. The molecule has 2 aromatic rings. The van der Waals surface area contributed by atoms with Crippen molar-refractivity contribution < 1.29 is 31.1 Å². The maximum absolute atomic E-state index is 13.6. The molecule has 10 heteroatoms. The number of rotatable bonds is 8. The molecule has 0 radical (unpaired) electrons. The predicted octanol–water partition coefficient (Wildman–Crippen LogP) is 5.93. The van der Waals surface area contributed by atoms with Gasteiger partial charge in [-0.2, -0.15) is 26.3 Å². The number of carbonyl (C=O) groups is 1. The van der Waals surface area contributed by atoms with Crippen molar-refractivity contribution in [2.24, 2.45) is 0 Å². The summed E-state index contributed by atoms with van der Waals surface area (Å²) in [5.74, 6) is -0.246. The lowest BCUT2D eigenvalue weighted by atomic mass is 9.97. The first kappa shape index (κ1) is 29.0. The Hall–Kier alpha value is -2.59. The van der Waals surface area contributed by atoms with Crippen LogP contribution in [0.25, 0.3) is 0 Å². The number of carbonyl (C=O) groups excluding carboxylic acids is 1. The highest BCUT2D eigenvalue weighted by atomic mass is 19.4. The van der Waals surface area contributed by atoms with E-state index in [1.54, 1.807) is 0 Å². The normalized spacial score (nSPS) is 16.7. The minimum Gasteiger partial charge on any atom is -0.344 e. The summed E-state index contributed by atoms with van der Waals surface area (Å²) in [7, 11) is 1.53. The smallest absolute Gasteiger partial charge is 0.344 e.